The highest BCUT2D eigenvalue weighted by Gasteiger charge is 2.21. The zero-order valence-corrected chi connectivity index (χ0v) is 11.9. The Morgan fingerprint density at radius 1 is 1.44 bits per heavy atom. The summed E-state index contributed by atoms with van der Waals surface area (Å²) in [6.45, 7) is 3.99. The van der Waals surface area contributed by atoms with Gasteiger partial charge in [0.15, 0.2) is 0 Å². The lowest BCUT2D eigenvalue weighted by atomic mass is 9.99. The first-order chi connectivity index (χ1) is 8.61. The largest absolute Gasteiger partial charge is 0.339 e. The Kier molecular flexibility index (Phi) is 4.08. The zero-order valence-electron chi connectivity index (χ0n) is 10.3. The molecule has 0 aliphatic carbocycles. The molecule has 0 spiro atoms. The smallest absolute Gasteiger partial charge is 0.231 e. The van der Waals surface area contributed by atoms with E-state index in [1.54, 1.807) is 6.20 Å². The lowest BCUT2D eigenvalue weighted by molar-refractivity contribution is 0.334. The fourth-order valence-corrected chi connectivity index (χ4v) is 2.00. The Labute approximate surface area is 114 Å². The molecule has 0 amide bonds. The molecule has 96 valence electrons. The van der Waals surface area contributed by atoms with Gasteiger partial charge in [-0.25, -0.2) is 0 Å². The van der Waals surface area contributed by atoms with Crippen molar-refractivity contribution in [3.8, 4) is 11.5 Å². The van der Waals surface area contributed by atoms with Gasteiger partial charge in [0.2, 0.25) is 11.7 Å². The van der Waals surface area contributed by atoms with Crippen molar-refractivity contribution in [3.63, 3.8) is 0 Å². The van der Waals surface area contributed by atoms with Crippen molar-refractivity contribution in [3.05, 3.63) is 28.7 Å². The van der Waals surface area contributed by atoms with E-state index in [0.29, 0.717) is 17.4 Å². The minimum atomic E-state index is -0.0128. The summed E-state index contributed by atoms with van der Waals surface area (Å²) in [5, 5.41) is 3.95. The van der Waals surface area contributed by atoms with Gasteiger partial charge in [0.25, 0.3) is 0 Å². The van der Waals surface area contributed by atoms with Crippen LogP contribution in [-0.4, -0.2) is 21.2 Å². The summed E-state index contributed by atoms with van der Waals surface area (Å²) in [5.41, 5.74) is 6.59. The molecule has 6 heteroatoms. The van der Waals surface area contributed by atoms with Gasteiger partial charge >= 0.3 is 0 Å². The first-order valence-corrected chi connectivity index (χ1v) is 6.62. The number of pyridine rings is 1. The maximum atomic E-state index is 5.90. The molecule has 0 saturated carbocycles. The van der Waals surface area contributed by atoms with Crippen molar-refractivity contribution in [2.75, 3.05) is 0 Å². The maximum absolute atomic E-state index is 5.90. The summed E-state index contributed by atoms with van der Waals surface area (Å²) < 4.78 is 6.18. The maximum Gasteiger partial charge on any atom is 0.231 e. The molecule has 2 aromatic heterocycles. The molecule has 5 nitrogen and oxygen atoms in total. The van der Waals surface area contributed by atoms with Crippen LogP contribution >= 0.6 is 15.9 Å². The van der Waals surface area contributed by atoms with Crippen molar-refractivity contribution in [2.45, 2.75) is 32.2 Å². The van der Waals surface area contributed by atoms with Crippen LogP contribution in [0.4, 0.5) is 0 Å². The Hall–Kier alpha value is -1.27. The number of nitrogens with two attached hydrogens (primary N) is 1. The molecule has 0 saturated heterocycles. The summed E-state index contributed by atoms with van der Waals surface area (Å²) in [6, 6.07) is 3.72. The van der Waals surface area contributed by atoms with E-state index < -0.39 is 0 Å². The molecule has 0 aliphatic rings. The van der Waals surface area contributed by atoms with E-state index in [4.69, 9.17) is 10.3 Å². The first-order valence-electron chi connectivity index (χ1n) is 5.83. The topological polar surface area (TPSA) is 77.8 Å². The van der Waals surface area contributed by atoms with Gasteiger partial charge in [-0.15, -0.1) is 0 Å². The molecule has 2 heterocycles. The molecule has 2 unspecified atom stereocenters. The van der Waals surface area contributed by atoms with E-state index in [2.05, 4.69) is 38.0 Å². The Morgan fingerprint density at radius 2 is 2.22 bits per heavy atom. The molecule has 0 fully saturated rings. The van der Waals surface area contributed by atoms with Gasteiger partial charge in [-0.2, -0.15) is 4.98 Å². The number of nitrogens with zero attached hydrogens (tertiary/aromatic N) is 3. The van der Waals surface area contributed by atoms with Gasteiger partial charge in [-0.05, 0) is 41.4 Å². The van der Waals surface area contributed by atoms with Gasteiger partial charge in [-0.1, -0.05) is 12.1 Å². The Morgan fingerprint density at radius 3 is 2.78 bits per heavy atom. The summed E-state index contributed by atoms with van der Waals surface area (Å²) in [5.74, 6) is 1.16. The van der Waals surface area contributed by atoms with Gasteiger partial charge in [0, 0.05) is 16.7 Å². The molecule has 2 N–H and O–H groups in total. The fraction of sp³-hybridized carbons (Fsp3) is 0.417. The fourth-order valence-electron chi connectivity index (χ4n) is 1.77. The summed E-state index contributed by atoms with van der Waals surface area (Å²) >= 11 is 3.33. The summed E-state index contributed by atoms with van der Waals surface area (Å²) in [6.07, 6.45) is 2.57. The minimum Gasteiger partial charge on any atom is -0.339 e. The van der Waals surface area contributed by atoms with Gasteiger partial charge in [0.1, 0.15) is 5.69 Å². The highest BCUT2D eigenvalue weighted by Crippen LogP contribution is 2.23. The highest BCUT2D eigenvalue weighted by molar-refractivity contribution is 9.10. The van der Waals surface area contributed by atoms with Gasteiger partial charge in [-0.3, -0.25) is 4.98 Å². The van der Waals surface area contributed by atoms with Crippen LogP contribution in [-0.2, 0) is 0 Å². The highest BCUT2D eigenvalue weighted by atomic mass is 79.9. The standard InChI is InChI=1S/C12H15BrN4O/c1-3-9(7(2)14)12-16-11(17-18-12)10-5-4-8(13)6-15-10/h4-7,9H,3,14H2,1-2H3. The molecule has 2 rings (SSSR count). The van der Waals surface area contributed by atoms with Crippen LogP contribution in [0.5, 0.6) is 0 Å². The predicted octanol–water partition coefficient (Wildman–Crippen LogP) is 2.73. The second kappa shape index (κ2) is 5.58. The molecule has 0 aromatic carbocycles. The zero-order chi connectivity index (χ0) is 13.1. The monoisotopic (exact) mass is 310 g/mol. The Bertz CT molecular complexity index is 509. The molecule has 2 atom stereocenters. The van der Waals surface area contributed by atoms with Crippen LogP contribution in [0.25, 0.3) is 11.5 Å². The van der Waals surface area contributed by atoms with Crippen molar-refractivity contribution >= 4 is 15.9 Å². The van der Waals surface area contributed by atoms with E-state index >= 15 is 0 Å². The predicted molar refractivity (Wildman–Crippen MR) is 71.9 cm³/mol. The van der Waals surface area contributed by atoms with Crippen LogP contribution in [0.1, 0.15) is 32.1 Å². The average Bonchev–Trinajstić information content (AvgIpc) is 2.80. The van der Waals surface area contributed by atoms with Crippen LogP contribution in [0, 0.1) is 0 Å². The van der Waals surface area contributed by atoms with Crippen molar-refractivity contribution < 1.29 is 4.52 Å². The van der Waals surface area contributed by atoms with E-state index in [1.165, 1.54) is 0 Å². The Balaban J connectivity index is 2.27. The lowest BCUT2D eigenvalue weighted by Gasteiger charge is -2.13. The van der Waals surface area contributed by atoms with Crippen molar-refractivity contribution in [2.24, 2.45) is 5.73 Å². The molecule has 2 aromatic rings. The van der Waals surface area contributed by atoms with E-state index in [-0.39, 0.29) is 12.0 Å². The van der Waals surface area contributed by atoms with Crippen LogP contribution in [0.3, 0.4) is 0 Å². The van der Waals surface area contributed by atoms with Crippen molar-refractivity contribution in [1.29, 1.82) is 0 Å². The van der Waals surface area contributed by atoms with Gasteiger partial charge in [0.05, 0.1) is 5.92 Å². The third kappa shape index (κ3) is 2.76. The summed E-state index contributed by atoms with van der Waals surface area (Å²) in [4.78, 5) is 8.60. The molecule has 0 aliphatic heterocycles. The average molecular weight is 311 g/mol. The minimum absolute atomic E-state index is 0.0128. The number of halogens is 1. The first kappa shape index (κ1) is 13.2. The molecule has 0 radical (unpaired) electrons. The van der Waals surface area contributed by atoms with Crippen LogP contribution in [0.15, 0.2) is 27.3 Å². The molecule has 18 heavy (non-hydrogen) atoms. The quantitative estimate of drug-likeness (QED) is 0.939. The molecular formula is C12H15BrN4O. The second-order valence-electron chi connectivity index (χ2n) is 4.19. The lowest BCUT2D eigenvalue weighted by Crippen LogP contribution is -2.24. The molecular weight excluding hydrogens is 296 g/mol. The normalized spacial score (nSPS) is 14.4. The number of hydrogen-bond acceptors (Lipinski definition) is 5. The van der Waals surface area contributed by atoms with Crippen LogP contribution < -0.4 is 5.73 Å². The molecule has 0 bridgehead atoms. The van der Waals surface area contributed by atoms with Gasteiger partial charge < -0.3 is 10.3 Å². The second-order valence-corrected chi connectivity index (χ2v) is 5.11. The number of rotatable bonds is 4. The van der Waals surface area contributed by atoms with E-state index in [1.807, 2.05) is 19.1 Å². The van der Waals surface area contributed by atoms with Crippen molar-refractivity contribution in [1.82, 2.24) is 15.1 Å². The number of hydrogen-bond donors (Lipinski definition) is 1. The van der Waals surface area contributed by atoms with E-state index in [9.17, 15) is 0 Å². The SMILES string of the molecule is CCC(c1nc(-c2ccc(Br)cn2)no1)C(C)N. The van der Waals surface area contributed by atoms with Crippen LogP contribution in [0.2, 0.25) is 0 Å². The third-order valence-corrected chi connectivity index (χ3v) is 3.26. The third-order valence-electron chi connectivity index (χ3n) is 2.79. The number of aromatic nitrogens is 3. The summed E-state index contributed by atoms with van der Waals surface area (Å²) in [7, 11) is 0. The van der Waals surface area contributed by atoms with E-state index in [0.717, 1.165) is 10.9 Å².